The summed E-state index contributed by atoms with van der Waals surface area (Å²) in [5.74, 6) is 0.732. The quantitative estimate of drug-likeness (QED) is 0.349. The van der Waals surface area contributed by atoms with Gasteiger partial charge in [-0.3, -0.25) is 0 Å². The van der Waals surface area contributed by atoms with E-state index >= 15 is 0 Å². The minimum absolute atomic E-state index is 0.732. The lowest BCUT2D eigenvalue weighted by Gasteiger charge is -2.12. The SMILES string of the molecule is CC(C)[CH]CCC[Si](C)(C)Cl. The van der Waals surface area contributed by atoms with E-state index in [1.807, 2.05) is 0 Å². The Balaban J connectivity index is 3.15. The highest BCUT2D eigenvalue weighted by atomic mass is 35.6. The molecule has 0 atom stereocenters. The van der Waals surface area contributed by atoms with Crippen LogP contribution in [-0.2, 0) is 0 Å². The molecule has 1 radical (unpaired) electrons. The molecular weight excluding hydrogens is 172 g/mol. The van der Waals surface area contributed by atoms with Crippen molar-refractivity contribution >= 4 is 18.5 Å². The van der Waals surface area contributed by atoms with Crippen LogP contribution in [0.3, 0.4) is 0 Å². The Morgan fingerprint density at radius 1 is 1.36 bits per heavy atom. The van der Waals surface area contributed by atoms with Crippen molar-refractivity contribution in [1.82, 2.24) is 0 Å². The molecule has 0 aromatic heterocycles. The van der Waals surface area contributed by atoms with E-state index in [0.29, 0.717) is 0 Å². The Hall–Kier alpha value is 0.507. The zero-order chi connectivity index (χ0) is 8.91. The monoisotopic (exact) mass is 191 g/mol. The highest BCUT2D eigenvalue weighted by Crippen LogP contribution is 2.18. The molecule has 0 saturated carbocycles. The summed E-state index contributed by atoms with van der Waals surface area (Å²) in [6.45, 7) is 8.88. The lowest BCUT2D eigenvalue weighted by molar-refractivity contribution is 0.690. The van der Waals surface area contributed by atoms with Crippen molar-refractivity contribution in [2.45, 2.75) is 45.8 Å². The van der Waals surface area contributed by atoms with Crippen LogP contribution in [0, 0.1) is 12.3 Å². The molecule has 11 heavy (non-hydrogen) atoms. The summed E-state index contributed by atoms with van der Waals surface area (Å²) in [5.41, 5.74) is 0. The summed E-state index contributed by atoms with van der Waals surface area (Å²) >= 11 is 6.17. The van der Waals surface area contributed by atoms with Crippen LogP contribution in [0.15, 0.2) is 0 Å². The van der Waals surface area contributed by atoms with E-state index in [9.17, 15) is 0 Å². The first-order chi connectivity index (χ1) is 4.92. The van der Waals surface area contributed by atoms with E-state index in [2.05, 4.69) is 33.4 Å². The highest BCUT2D eigenvalue weighted by Gasteiger charge is 2.15. The lowest BCUT2D eigenvalue weighted by atomic mass is 10.1. The van der Waals surface area contributed by atoms with Gasteiger partial charge in [0.1, 0.15) is 7.38 Å². The van der Waals surface area contributed by atoms with Crippen molar-refractivity contribution < 1.29 is 0 Å². The van der Waals surface area contributed by atoms with Crippen LogP contribution < -0.4 is 0 Å². The fraction of sp³-hybridized carbons (Fsp3) is 0.889. The van der Waals surface area contributed by atoms with Gasteiger partial charge in [0.15, 0.2) is 0 Å². The van der Waals surface area contributed by atoms with E-state index in [0.717, 1.165) is 5.92 Å². The number of unbranched alkanes of at least 4 members (excludes halogenated alkanes) is 1. The van der Waals surface area contributed by atoms with Crippen molar-refractivity contribution in [3.8, 4) is 0 Å². The van der Waals surface area contributed by atoms with Gasteiger partial charge in [-0.15, -0.1) is 0 Å². The molecule has 0 heterocycles. The number of rotatable bonds is 5. The molecule has 0 nitrogen and oxygen atoms in total. The molecule has 0 spiro atoms. The molecule has 0 amide bonds. The highest BCUT2D eigenvalue weighted by molar-refractivity contribution is 7.19. The maximum Gasteiger partial charge on any atom is 0.150 e. The van der Waals surface area contributed by atoms with Gasteiger partial charge in [-0.05, 0) is 18.4 Å². The Morgan fingerprint density at radius 2 is 1.91 bits per heavy atom. The topological polar surface area (TPSA) is 0 Å². The Kier molecular flexibility index (Phi) is 5.45. The van der Waals surface area contributed by atoms with Gasteiger partial charge < -0.3 is 0 Å². The lowest BCUT2D eigenvalue weighted by Crippen LogP contribution is -2.15. The van der Waals surface area contributed by atoms with Crippen molar-refractivity contribution in [3.05, 3.63) is 6.42 Å². The number of halogens is 1. The first-order valence-electron chi connectivity index (χ1n) is 4.44. The zero-order valence-corrected chi connectivity index (χ0v) is 9.91. The van der Waals surface area contributed by atoms with Gasteiger partial charge in [-0.2, -0.15) is 11.1 Å². The molecule has 0 aromatic rings. The summed E-state index contributed by atoms with van der Waals surface area (Å²) in [6.07, 6.45) is 4.89. The van der Waals surface area contributed by atoms with Crippen molar-refractivity contribution in [2.75, 3.05) is 0 Å². The molecule has 0 rings (SSSR count). The van der Waals surface area contributed by atoms with E-state index < -0.39 is 7.38 Å². The molecule has 0 aliphatic carbocycles. The molecule has 0 bridgehead atoms. The van der Waals surface area contributed by atoms with Gasteiger partial charge in [0.2, 0.25) is 0 Å². The summed E-state index contributed by atoms with van der Waals surface area (Å²) in [4.78, 5) is 0. The van der Waals surface area contributed by atoms with Crippen LogP contribution in [0.2, 0.25) is 19.1 Å². The van der Waals surface area contributed by atoms with Crippen molar-refractivity contribution in [1.29, 1.82) is 0 Å². The maximum absolute atomic E-state index is 6.17. The largest absolute Gasteiger partial charge is 0.168 e. The predicted molar refractivity (Wildman–Crippen MR) is 56.5 cm³/mol. The smallest absolute Gasteiger partial charge is 0.150 e. The number of hydrogen-bond acceptors (Lipinski definition) is 0. The summed E-state index contributed by atoms with van der Waals surface area (Å²) in [5, 5.41) is 0. The molecule has 0 N–H and O–H groups in total. The molecule has 0 aromatic carbocycles. The normalized spacial score (nSPS) is 12.5. The van der Waals surface area contributed by atoms with Crippen LogP contribution in [0.1, 0.15) is 26.7 Å². The molecule has 0 aliphatic rings. The summed E-state index contributed by atoms with van der Waals surface area (Å²) < 4.78 is 0. The molecule has 0 saturated heterocycles. The summed E-state index contributed by atoms with van der Waals surface area (Å²) in [7, 11) is -1.28. The van der Waals surface area contributed by atoms with Crippen LogP contribution >= 0.6 is 11.1 Å². The number of hydrogen-bond donors (Lipinski definition) is 0. The van der Waals surface area contributed by atoms with Crippen LogP contribution in [0.4, 0.5) is 0 Å². The fourth-order valence-electron chi connectivity index (χ4n) is 0.974. The van der Waals surface area contributed by atoms with Crippen LogP contribution in [0.5, 0.6) is 0 Å². The van der Waals surface area contributed by atoms with Crippen LogP contribution in [-0.4, -0.2) is 7.38 Å². The van der Waals surface area contributed by atoms with Gasteiger partial charge >= 0.3 is 0 Å². The van der Waals surface area contributed by atoms with E-state index in [1.165, 1.54) is 18.9 Å². The van der Waals surface area contributed by atoms with E-state index in [4.69, 9.17) is 11.1 Å². The molecule has 67 valence electrons. The average Bonchev–Trinajstić information content (AvgIpc) is 1.78. The van der Waals surface area contributed by atoms with E-state index in [-0.39, 0.29) is 0 Å². The molecular formula is C9H20ClSi. The molecule has 0 aliphatic heterocycles. The molecule has 2 heteroatoms. The third-order valence-corrected chi connectivity index (χ3v) is 3.72. The van der Waals surface area contributed by atoms with Crippen molar-refractivity contribution in [2.24, 2.45) is 5.92 Å². The average molecular weight is 192 g/mol. The second-order valence-corrected chi connectivity index (χ2v) is 11.1. The minimum atomic E-state index is -1.28. The minimum Gasteiger partial charge on any atom is -0.168 e. The third-order valence-electron chi connectivity index (χ3n) is 1.61. The summed E-state index contributed by atoms with van der Waals surface area (Å²) in [6, 6.07) is 1.25. The first-order valence-corrected chi connectivity index (χ1v) is 8.66. The Morgan fingerprint density at radius 3 is 2.27 bits per heavy atom. The van der Waals surface area contributed by atoms with Gasteiger partial charge in [0.25, 0.3) is 0 Å². The van der Waals surface area contributed by atoms with Crippen LogP contribution in [0.25, 0.3) is 0 Å². The second kappa shape index (κ2) is 5.21. The van der Waals surface area contributed by atoms with E-state index in [1.54, 1.807) is 0 Å². The van der Waals surface area contributed by atoms with Gasteiger partial charge in [-0.25, -0.2) is 0 Å². The predicted octanol–water partition coefficient (Wildman–Crippen LogP) is 4.07. The van der Waals surface area contributed by atoms with Crippen molar-refractivity contribution in [3.63, 3.8) is 0 Å². The zero-order valence-electron chi connectivity index (χ0n) is 8.15. The standard InChI is InChI=1S/C9H20ClSi/c1-9(2)7-5-6-8-11(3,4)10/h7,9H,5-6,8H2,1-4H3. The molecule has 0 fully saturated rings. The Bertz CT molecular complexity index is 94.2. The van der Waals surface area contributed by atoms with Gasteiger partial charge in [0.05, 0.1) is 0 Å². The molecule has 0 unspecified atom stereocenters. The van der Waals surface area contributed by atoms with Gasteiger partial charge in [-0.1, -0.05) is 39.8 Å². The maximum atomic E-state index is 6.17. The second-order valence-electron chi connectivity index (χ2n) is 4.09. The fourth-order valence-corrected chi connectivity index (χ4v) is 2.42. The Labute approximate surface area is 77.0 Å². The third kappa shape index (κ3) is 10.5. The van der Waals surface area contributed by atoms with Gasteiger partial charge in [0, 0.05) is 0 Å². The first kappa shape index (κ1) is 11.5.